The van der Waals surface area contributed by atoms with Crippen molar-refractivity contribution in [2.45, 2.75) is 20.8 Å². The molecule has 0 heterocycles. The van der Waals surface area contributed by atoms with Crippen LogP contribution in [0.5, 0.6) is 0 Å². The largest absolute Gasteiger partial charge is 0.271 e. The van der Waals surface area contributed by atoms with Crippen LogP contribution in [0.15, 0.2) is 77.0 Å². The second-order valence-electron chi connectivity index (χ2n) is 4.95. The maximum Gasteiger partial charge on any atom is 0 e. The minimum absolute atomic E-state index is 0. The van der Waals surface area contributed by atoms with E-state index in [-0.39, 0.29) is 21.1 Å². The van der Waals surface area contributed by atoms with Gasteiger partial charge in [-0.15, -0.1) is 6.92 Å². The molecule has 0 bridgehead atoms. The molecule has 2 aromatic rings. The van der Waals surface area contributed by atoms with Gasteiger partial charge in [-0.25, -0.2) is 10.8 Å². The van der Waals surface area contributed by atoms with Crippen LogP contribution in [0.4, 0.5) is 0 Å². The molecule has 0 aromatic heterocycles. The van der Waals surface area contributed by atoms with Crippen molar-refractivity contribution in [1.29, 1.82) is 0 Å². The second-order valence-corrected chi connectivity index (χ2v) is 5.95. The monoisotopic (exact) mass is 486 g/mol. The van der Waals surface area contributed by atoms with Crippen LogP contribution in [-0.2, 0) is 21.1 Å². The molecule has 3 rings (SSSR count). The summed E-state index contributed by atoms with van der Waals surface area (Å²) in [5.74, 6) is 0.595. The van der Waals surface area contributed by atoms with Gasteiger partial charge in [-0.05, 0) is 10.2 Å². The molecule has 2 heteroatoms. The number of rotatable bonds is 0. The quantitative estimate of drug-likeness (QED) is 0.390. The van der Waals surface area contributed by atoms with Crippen LogP contribution in [0.2, 0.25) is 0 Å². The average Bonchev–Trinajstić information content (AvgIpc) is 2.78. The van der Waals surface area contributed by atoms with Gasteiger partial charge in [0.2, 0.25) is 0 Å². The van der Waals surface area contributed by atoms with Crippen molar-refractivity contribution in [2.75, 3.05) is 0 Å². The molecule has 22 heavy (non-hydrogen) atoms. The van der Waals surface area contributed by atoms with Crippen molar-refractivity contribution in [1.82, 2.24) is 0 Å². The summed E-state index contributed by atoms with van der Waals surface area (Å²) in [6.07, 6.45) is 3.42. The van der Waals surface area contributed by atoms with E-state index < -0.39 is 0 Å². The molecule has 1 aliphatic rings. The molecule has 0 radical (unpaired) electrons. The third-order valence-electron chi connectivity index (χ3n) is 3.45. The van der Waals surface area contributed by atoms with E-state index in [1.54, 1.807) is 0 Å². The van der Waals surface area contributed by atoms with Crippen molar-refractivity contribution in [3.8, 4) is 0 Å². The van der Waals surface area contributed by atoms with Gasteiger partial charge in [-0.3, -0.25) is 6.08 Å². The minimum Gasteiger partial charge on any atom is -0.271 e. The number of allylic oxidation sites excluding steroid dienone is 4. The first kappa shape index (κ1) is 20.8. The first-order valence-corrected chi connectivity index (χ1v) is 8.23. The first-order valence-electron chi connectivity index (χ1n) is 7.23. The standard InChI is InChI=1S/C8H13Si.2C6H5.Pt/c1-5-4-8(9)7(3)6(5)2;2*1-2-4-6-5-3-1;/h5H,1-3,9H3;2*1-5H;/q3*-1;. The van der Waals surface area contributed by atoms with E-state index in [4.69, 9.17) is 0 Å². The van der Waals surface area contributed by atoms with E-state index in [9.17, 15) is 0 Å². The molecule has 1 aliphatic carbocycles. The summed E-state index contributed by atoms with van der Waals surface area (Å²) >= 11 is 0. The second kappa shape index (κ2) is 12.4. The van der Waals surface area contributed by atoms with Gasteiger partial charge in [0.1, 0.15) is 0 Å². The molecule has 120 valence electrons. The maximum absolute atomic E-state index is 3.42. The van der Waals surface area contributed by atoms with Crippen molar-refractivity contribution in [3.63, 3.8) is 0 Å². The van der Waals surface area contributed by atoms with E-state index >= 15 is 0 Å². The van der Waals surface area contributed by atoms with E-state index in [1.807, 2.05) is 60.7 Å². The summed E-state index contributed by atoms with van der Waals surface area (Å²) in [6, 6.07) is 25.0. The van der Waals surface area contributed by atoms with Gasteiger partial charge < -0.3 is 0 Å². The summed E-state index contributed by atoms with van der Waals surface area (Å²) in [4.78, 5) is 0. The molecular weight excluding hydrogens is 463 g/mol. The number of hydrogen-bond acceptors (Lipinski definition) is 0. The Morgan fingerprint density at radius 3 is 1.32 bits per heavy atom. The van der Waals surface area contributed by atoms with E-state index in [0.717, 1.165) is 10.2 Å². The van der Waals surface area contributed by atoms with Gasteiger partial charge in [0.25, 0.3) is 0 Å². The van der Waals surface area contributed by atoms with E-state index in [1.165, 1.54) is 16.3 Å². The Morgan fingerprint density at radius 2 is 1.23 bits per heavy atom. The van der Waals surface area contributed by atoms with Crippen LogP contribution in [-0.4, -0.2) is 10.2 Å². The fraction of sp³-hybridized carbons (Fsp3) is 0.200. The van der Waals surface area contributed by atoms with Gasteiger partial charge >= 0.3 is 0 Å². The Bertz CT molecular complexity index is 474. The molecule has 0 nitrogen and oxygen atoms in total. The number of benzene rings is 2. The zero-order valence-corrected chi connectivity index (χ0v) is 17.9. The van der Waals surface area contributed by atoms with Gasteiger partial charge in [0.05, 0.1) is 0 Å². The van der Waals surface area contributed by atoms with Gasteiger partial charge in [-0.1, -0.05) is 19.8 Å². The molecule has 0 saturated carbocycles. The SMILES string of the molecule is CC1=C(C)C(C)[C-]=C1[SiH3].[Pt].[c-]1ccccc1.[c-]1ccccc1. The summed E-state index contributed by atoms with van der Waals surface area (Å²) in [6.45, 7) is 6.62. The van der Waals surface area contributed by atoms with Gasteiger partial charge in [0, 0.05) is 21.1 Å². The molecule has 1 unspecified atom stereocenters. The Morgan fingerprint density at radius 1 is 0.818 bits per heavy atom. The minimum atomic E-state index is 0. The zero-order valence-electron chi connectivity index (χ0n) is 13.7. The Balaban J connectivity index is 0.000000303. The van der Waals surface area contributed by atoms with Gasteiger partial charge in [-0.2, -0.15) is 78.4 Å². The van der Waals surface area contributed by atoms with Crippen LogP contribution in [0.3, 0.4) is 0 Å². The van der Waals surface area contributed by atoms with Crippen LogP contribution in [0, 0.1) is 24.1 Å². The number of hydrogen-bond donors (Lipinski definition) is 0. The van der Waals surface area contributed by atoms with Crippen molar-refractivity contribution < 1.29 is 21.1 Å². The predicted octanol–water partition coefficient (Wildman–Crippen LogP) is 4.00. The Kier molecular flexibility index (Phi) is 11.7. The van der Waals surface area contributed by atoms with Crippen LogP contribution in [0.1, 0.15) is 20.8 Å². The van der Waals surface area contributed by atoms with Crippen LogP contribution >= 0.6 is 0 Å². The molecule has 2 aromatic carbocycles. The predicted molar refractivity (Wildman–Crippen MR) is 94.8 cm³/mol. The Labute approximate surface area is 153 Å². The van der Waals surface area contributed by atoms with E-state index in [0.29, 0.717) is 5.92 Å². The molecule has 1 atom stereocenters. The zero-order chi connectivity index (χ0) is 15.5. The summed E-state index contributed by atoms with van der Waals surface area (Å²) < 4.78 is 0. The summed E-state index contributed by atoms with van der Waals surface area (Å²) in [5, 5.41) is 1.47. The molecule has 0 saturated heterocycles. The van der Waals surface area contributed by atoms with Gasteiger partial charge in [0.15, 0.2) is 0 Å². The van der Waals surface area contributed by atoms with Crippen LogP contribution in [0.25, 0.3) is 0 Å². The fourth-order valence-electron chi connectivity index (χ4n) is 1.85. The molecular formula is C20H23PtSi-3. The summed E-state index contributed by atoms with van der Waals surface area (Å²) in [7, 11) is 1.16. The molecule has 0 N–H and O–H groups in total. The maximum atomic E-state index is 3.42. The topological polar surface area (TPSA) is 0 Å². The third-order valence-corrected chi connectivity index (χ3v) is 4.49. The van der Waals surface area contributed by atoms with Crippen molar-refractivity contribution >= 4 is 10.2 Å². The van der Waals surface area contributed by atoms with Crippen molar-refractivity contribution in [3.05, 3.63) is 95.2 Å². The van der Waals surface area contributed by atoms with E-state index in [2.05, 4.69) is 39.0 Å². The normalized spacial score (nSPS) is 15.6. The molecule has 0 amide bonds. The first-order chi connectivity index (χ1) is 10.1. The molecule has 0 aliphatic heterocycles. The third kappa shape index (κ3) is 8.31. The van der Waals surface area contributed by atoms with Crippen LogP contribution < -0.4 is 0 Å². The Hall–Kier alpha value is -1.17. The fourth-order valence-corrected chi connectivity index (χ4v) is 2.67. The average molecular weight is 487 g/mol. The molecule has 0 spiro atoms. The smallest absolute Gasteiger partial charge is 0 e. The summed E-state index contributed by atoms with van der Waals surface area (Å²) in [5.41, 5.74) is 3.01. The molecule has 0 fully saturated rings. The van der Waals surface area contributed by atoms with Crippen molar-refractivity contribution in [2.24, 2.45) is 5.92 Å².